The van der Waals surface area contributed by atoms with Gasteiger partial charge in [0.2, 0.25) is 0 Å². The summed E-state index contributed by atoms with van der Waals surface area (Å²) >= 11 is 0. The summed E-state index contributed by atoms with van der Waals surface area (Å²) in [7, 11) is 1.87. The van der Waals surface area contributed by atoms with Gasteiger partial charge in [0.15, 0.2) is 5.82 Å². The van der Waals surface area contributed by atoms with Crippen LogP contribution in [0.4, 0.5) is 0 Å². The van der Waals surface area contributed by atoms with E-state index in [4.69, 9.17) is 0 Å². The molecule has 0 radical (unpaired) electrons. The van der Waals surface area contributed by atoms with Gasteiger partial charge in [0.1, 0.15) is 6.33 Å². The van der Waals surface area contributed by atoms with Crippen LogP contribution in [0.3, 0.4) is 0 Å². The van der Waals surface area contributed by atoms with Gasteiger partial charge < -0.3 is 5.32 Å². The van der Waals surface area contributed by atoms with Crippen molar-refractivity contribution >= 4 is 0 Å². The van der Waals surface area contributed by atoms with Crippen molar-refractivity contribution in [2.75, 3.05) is 6.54 Å². The molecule has 0 saturated heterocycles. The van der Waals surface area contributed by atoms with E-state index >= 15 is 0 Å². The molecule has 0 aromatic carbocycles. The summed E-state index contributed by atoms with van der Waals surface area (Å²) in [5.74, 6) is 0.837. The number of aromatic nitrogens is 3. The van der Waals surface area contributed by atoms with Gasteiger partial charge in [-0.25, -0.2) is 4.98 Å². The van der Waals surface area contributed by atoms with Crippen LogP contribution in [0.5, 0.6) is 0 Å². The van der Waals surface area contributed by atoms with E-state index in [-0.39, 0.29) is 0 Å². The predicted molar refractivity (Wildman–Crippen MR) is 52.1 cm³/mol. The molecule has 1 N–H and O–H groups in total. The molecule has 0 bridgehead atoms. The minimum atomic E-state index is 0.730. The first kappa shape index (κ1) is 9.92. The standard InChI is InChI=1S/C9H16N4/c1-8(2)4-5-10-6-9-11-7-13(3)12-9/h7,10H,1,4-6H2,2-3H3. The quantitative estimate of drug-likeness (QED) is 0.540. The molecule has 0 aliphatic heterocycles. The van der Waals surface area contributed by atoms with Crippen molar-refractivity contribution in [1.29, 1.82) is 0 Å². The number of nitrogens with one attached hydrogen (secondary N) is 1. The van der Waals surface area contributed by atoms with Crippen molar-refractivity contribution < 1.29 is 0 Å². The van der Waals surface area contributed by atoms with Crippen molar-refractivity contribution in [2.45, 2.75) is 19.9 Å². The molecular formula is C9H16N4. The van der Waals surface area contributed by atoms with Crippen molar-refractivity contribution in [3.05, 3.63) is 24.3 Å². The fourth-order valence-electron chi connectivity index (χ4n) is 0.967. The third-order valence-electron chi connectivity index (χ3n) is 1.66. The third kappa shape index (κ3) is 3.85. The van der Waals surface area contributed by atoms with E-state index in [2.05, 4.69) is 22.0 Å². The Morgan fingerprint density at radius 3 is 3.00 bits per heavy atom. The van der Waals surface area contributed by atoms with Crippen LogP contribution in [0.25, 0.3) is 0 Å². The van der Waals surface area contributed by atoms with E-state index in [1.54, 1.807) is 11.0 Å². The van der Waals surface area contributed by atoms with Crippen LogP contribution in [0, 0.1) is 0 Å². The molecule has 4 heteroatoms. The van der Waals surface area contributed by atoms with Crippen LogP contribution in [0.1, 0.15) is 19.2 Å². The summed E-state index contributed by atoms with van der Waals surface area (Å²) in [6.45, 7) is 7.53. The fraction of sp³-hybridized carbons (Fsp3) is 0.556. The lowest BCUT2D eigenvalue weighted by molar-refractivity contribution is 0.646. The average molecular weight is 180 g/mol. The zero-order valence-electron chi connectivity index (χ0n) is 8.25. The number of aryl methyl sites for hydroxylation is 1. The summed E-state index contributed by atoms with van der Waals surface area (Å²) in [5.41, 5.74) is 1.20. The molecule has 1 aromatic heterocycles. The maximum atomic E-state index is 4.15. The number of hydrogen-bond donors (Lipinski definition) is 1. The molecule has 0 atom stereocenters. The summed E-state index contributed by atoms with van der Waals surface area (Å²) in [6, 6.07) is 0. The highest BCUT2D eigenvalue weighted by Crippen LogP contribution is 1.93. The van der Waals surface area contributed by atoms with Gasteiger partial charge in [-0.3, -0.25) is 4.68 Å². The Hall–Kier alpha value is -1.16. The smallest absolute Gasteiger partial charge is 0.164 e. The van der Waals surface area contributed by atoms with Gasteiger partial charge in [0.25, 0.3) is 0 Å². The predicted octanol–water partition coefficient (Wildman–Crippen LogP) is 0.871. The minimum absolute atomic E-state index is 0.730. The summed E-state index contributed by atoms with van der Waals surface area (Å²) in [5, 5.41) is 7.40. The Kier molecular flexibility index (Phi) is 3.64. The highest BCUT2D eigenvalue weighted by Gasteiger charge is 1.96. The molecule has 0 fully saturated rings. The largest absolute Gasteiger partial charge is 0.309 e. The zero-order chi connectivity index (χ0) is 9.68. The van der Waals surface area contributed by atoms with E-state index in [1.165, 1.54) is 5.57 Å². The molecule has 0 amide bonds. The number of rotatable bonds is 5. The number of nitrogens with zero attached hydrogens (tertiary/aromatic N) is 3. The van der Waals surface area contributed by atoms with E-state index < -0.39 is 0 Å². The fourth-order valence-corrected chi connectivity index (χ4v) is 0.967. The third-order valence-corrected chi connectivity index (χ3v) is 1.66. The molecule has 0 aliphatic carbocycles. The van der Waals surface area contributed by atoms with E-state index in [0.717, 1.165) is 25.3 Å². The number of hydrogen-bond acceptors (Lipinski definition) is 3. The minimum Gasteiger partial charge on any atom is -0.309 e. The maximum Gasteiger partial charge on any atom is 0.164 e. The van der Waals surface area contributed by atoms with Crippen molar-refractivity contribution in [2.24, 2.45) is 7.05 Å². The van der Waals surface area contributed by atoms with Gasteiger partial charge in [0.05, 0.1) is 6.54 Å². The molecular weight excluding hydrogens is 164 g/mol. The first-order valence-electron chi connectivity index (χ1n) is 4.38. The lowest BCUT2D eigenvalue weighted by Gasteiger charge is -2.00. The van der Waals surface area contributed by atoms with Crippen LogP contribution in [0.2, 0.25) is 0 Å². The van der Waals surface area contributed by atoms with Gasteiger partial charge in [-0.1, -0.05) is 5.57 Å². The van der Waals surface area contributed by atoms with Crippen LogP contribution in [-0.2, 0) is 13.6 Å². The maximum absolute atomic E-state index is 4.15. The second kappa shape index (κ2) is 4.77. The van der Waals surface area contributed by atoms with Gasteiger partial charge >= 0.3 is 0 Å². The molecule has 13 heavy (non-hydrogen) atoms. The molecule has 0 unspecified atom stereocenters. The topological polar surface area (TPSA) is 42.7 Å². The Balaban J connectivity index is 2.16. The van der Waals surface area contributed by atoms with Gasteiger partial charge in [-0.15, -0.1) is 6.58 Å². The Morgan fingerprint density at radius 2 is 2.46 bits per heavy atom. The first-order chi connectivity index (χ1) is 6.18. The van der Waals surface area contributed by atoms with Crippen molar-refractivity contribution in [3.8, 4) is 0 Å². The molecule has 0 saturated carbocycles. The van der Waals surface area contributed by atoms with E-state index in [0.29, 0.717) is 0 Å². The second-order valence-electron chi connectivity index (χ2n) is 3.22. The molecule has 1 heterocycles. The SMILES string of the molecule is C=C(C)CCNCc1ncn(C)n1. The van der Waals surface area contributed by atoms with Gasteiger partial charge in [-0.2, -0.15) is 5.10 Å². The first-order valence-corrected chi connectivity index (χ1v) is 4.38. The Bertz CT molecular complexity index is 277. The zero-order valence-corrected chi connectivity index (χ0v) is 8.25. The lowest BCUT2D eigenvalue weighted by Crippen LogP contribution is -2.16. The van der Waals surface area contributed by atoms with Crippen molar-refractivity contribution in [1.82, 2.24) is 20.1 Å². The van der Waals surface area contributed by atoms with Crippen LogP contribution >= 0.6 is 0 Å². The normalized spacial score (nSPS) is 10.3. The van der Waals surface area contributed by atoms with Crippen LogP contribution in [0.15, 0.2) is 18.5 Å². The average Bonchev–Trinajstić information content (AvgIpc) is 2.45. The molecule has 0 spiro atoms. The van der Waals surface area contributed by atoms with E-state index in [9.17, 15) is 0 Å². The lowest BCUT2D eigenvalue weighted by atomic mass is 10.2. The van der Waals surface area contributed by atoms with Crippen LogP contribution in [-0.4, -0.2) is 21.3 Å². The highest BCUT2D eigenvalue weighted by molar-refractivity contribution is 4.88. The van der Waals surface area contributed by atoms with E-state index in [1.807, 2.05) is 14.0 Å². The Morgan fingerprint density at radius 1 is 1.69 bits per heavy atom. The monoisotopic (exact) mass is 180 g/mol. The highest BCUT2D eigenvalue weighted by atomic mass is 15.3. The molecule has 4 nitrogen and oxygen atoms in total. The summed E-state index contributed by atoms with van der Waals surface area (Å²) in [4.78, 5) is 4.10. The molecule has 0 aliphatic rings. The summed E-state index contributed by atoms with van der Waals surface area (Å²) < 4.78 is 1.70. The molecule has 1 aromatic rings. The van der Waals surface area contributed by atoms with Crippen LogP contribution < -0.4 is 5.32 Å². The van der Waals surface area contributed by atoms with Crippen molar-refractivity contribution in [3.63, 3.8) is 0 Å². The summed E-state index contributed by atoms with van der Waals surface area (Å²) in [6.07, 6.45) is 2.71. The Labute approximate surface area is 78.7 Å². The second-order valence-corrected chi connectivity index (χ2v) is 3.22. The molecule has 1 rings (SSSR count). The van der Waals surface area contributed by atoms with Gasteiger partial charge in [0, 0.05) is 7.05 Å². The van der Waals surface area contributed by atoms with Gasteiger partial charge in [-0.05, 0) is 19.9 Å². The molecule has 72 valence electrons.